The molecule has 0 fully saturated rings. The van der Waals surface area contributed by atoms with Crippen molar-refractivity contribution >= 4 is 46.2 Å². The maximum Gasteiger partial charge on any atom is 0.365 e. The van der Waals surface area contributed by atoms with Gasteiger partial charge in [0.15, 0.2) is 0 Å². The number of esters is 2. The smallest absolute Gasteiger partial charge is 0.365 e. The third-order valence-corrected chi connectivity index (χ3v) is 7.35. The van der Waals surface area contributed by atoms with Crippen LogP contribution < -0.4 is 9.75 Å². The first-order chi connectivity index (χ1) is 13.4. The average Bonchev–Trinajstić information content (AvgIpc) is 3.22. The van der Waals surface area contributed by atoms with Gasteiger partial charge in [-0.25, -0.2) is 14.6 Å². The number of benzene rings is 1. The lowest BCUT2D eigenvalue weighted by Crippen LogP contribution is -2.47. The lowest BCUT2D eigenvalue weighted by Gasteiger charge is -2.39. The topological polar surface area (TPSA) is 80.7 Å². The molecule has 0 saturated heterocycles. The molecule has 1 atom stereocenters. The fourth-order valence-electron chi connectivity index (χ4n) is 2.76. The van der Waals surface area contributed by atoms with Crippen LogP contribution in [0.15, 0.2) is 40.0 Å². The highest BCUT2D eigenvalue weighted by atomic mass is 32.2. The Bertz CT molecular complexity index is 855. The van der Waals surface area contributed by atoms with E-state index in [9.17, 15) is 9.59 Å². The first-order valence-electron chi connectivity index (χ1n) is 8.49. The van der Waals surface area contributed by atoms with E-state index in [1.807, 2.05) is 43.1 Å². The van der Waals surface area contributed by atoms with E-state index in [-0.39, 0.29) is 11.7 Å². The molecular weight excluding hydrogens is 402 g/mol. The van der Waals surface area contributed by atoms with E-state index in [1.54, 1.807) is 19.0 Å². The minimum absolute atomic E-state index is 0.218. The van der Waals surface area contributed by atoms with E-state index in [2.05, 4.69) is 5.10 Å². The largest absolute Gasteiger partial charge is 0.497 e. The van der Waals surface area contributed by atoms with Gasteiger partial charge in [0.2, 0.25) is 9.37 Å². The number of carbonyl (C=O) groups excluding carboxylic acids is 2. The maximum atomic E-state index is 12.4. The number of hydrogen-bond acceptors (Lipinski definition) is 10. The number of rotatable bonds is 5. The van der Waals surface area contributed by atoms with Crippen molar-refractivity contribution in [2.45, 2.75) is 18.2 Å². The molecule has 10 heteroatoms. The van der Waals surface area contributed by atoms with Crippen molar-refractivity contribution in [2.75, 3.05) is 32.9 Å². The lowest BCUT2D eigenvalue weighted by atomic mass is 10.3. The number of carbonyl (C=O) groups is 2. The Labute approximate surface area is 171 Å². The molecule has 2 aliphatic heterocycles. The van der Waals surface area contributed by atoms with E-state index in [1.165, 1.54) is 30.6 Å². The summed E-state index contributed by atoms with van der Waals surface area (Å²) < 4.78 is 14.4. The Hall–Kier alpha value is -2.33. The van der Waals surface area contributed by atoms with Gasteiger partial charge in [0.25, 0.3) is 0 Å². The van der Waals surface area contributed by atoms with E-state index in [0.717, 1.165) is 11.4 Å². The van der Waals surface area contributed by atoms with Crippen LogP contribution >= 0.6 is 23.5 Å². The number of hydrazone groups is 1. The Morgan fingerprint density at radius 2 is 1.82 bits per heavy atom. The van der Waals surface area contributed by atoms with Crippen LogP contribution in [0.3, 0.4) is 0 Å². The summed E-state index contributed by atoms with van der Waals surface area (Å²) in [5, 5.41) is 6.46. The number of allylic oxidation sites excluding steroid dienone is 1. The van der Waals surface area contributed by atoms with Gasteiger partial charge in [-0.15, -0.1) is 0 Å². The number of methoxy groups -OCH3 is 2. The van der Waals surface area contributed by atoms with Gasteiger partial charge in [-0.2, -0.15) is 5.10 Å². The predicted molar refractivity (Wildman–Crippen MR) is 110 cm³/mol. The Kier molecular flexibility index (Phi) is 5.80. The highest BCUT2D eigenvalue weighted by Crippen LogP contribution is 2.58. The van der Waals surface area contributed by atoms with Crippen molar-refractivity contribution in [2.24, 2.45) is 5.10 Å². The second-order valence-electron chi connectivity index (χ2n) is 5.85. The highest BCUT2D eigenvalue weighted by molar-refractivity contribution is 8.28. The van der Waals surface area contributed by atoms with Crippen molar-refractivity contribution in [1.29, 1.82) is 0 Å². The molecule has 0 amide bonds. The Balaban J connectivity index is 2.03. The number of anilines is 1. The van der Waals surface area contributed by atoms with Gasteiger partial charge in [-0.3, -0.25) is 0 Å². The van der Waals surface area contributed by atoms with Gasteiger partial charge >= 0.3 is 11.9 Å². The van der Waals surface area contributed by atoms with E-state index < -0.39 is 16.3 Å². The number of ether oxygens (including phenoxy) is 3. The summed E-state index contributed by atoms with van der Waals surface area (Å²) in [4.78, 5) is 27.0. The van der Waals surface area contributed by atoms with E-state index in [4.69, 9.17) is 14.2 Å². The number of nitrogens with zero attached hydrogens (tertiary/aromatic N) is 3. The quantitative estimate of drug-likeness (QED) is 0.664. The zero-order chi connectivity index (χ0) is 20.5. The van der Waals surface area contributed by atoms with Crippen LogP contribution in [0.5, 0.6) is 5.75 Å². The summed E-state index contributed by atoms with van der Waals surface area (Å²) in [6, 6.07) is 7.32. The SMILES string of the molecule is CCOC(=O)C1=NN(c2ccc(OC)cc2)C2(S1)SC(C(=O)OC)=C(C)N2C. The van der Waals surface area contributed by atoms with Gasteiger partial charge in [0.1, 0.15) is 10.7 Å². The van der Waals surface area contributed by atoms with Gasteiger partial charge in [0.05, 0.1) is 26.5 Å². The molecule has 3 rings (SSSR count). The molecule has 150 valence electrons. The average molecular weight is 424 g/mol. The zero-order valence-corrected chi connectivity index (χ0v) is 17.8. The molecule has 1 unspecified atom stereocenters. The van der Waals surface area contributed by atoms with Crippen LogP contribution in [0.2, 0.25) is 0 Å². The first kappa shape index (κ1) is 20.4. The predicted octanol–water partition coefficient (Wildman–Crippen LogP) is 2.82. The monoisotopic (exact) mass is 423 g/mol. The van der Waals surface area contributed by atoms with Gasteiger partial charge in [-0.05, 0) is 49.9 Å². The summed E-state index contributed by atoms with van der Waals surface area (Å²) in [7, 11) is 4.79. The lowest BCUT2D eigenvalue weighted by molar-refractivity contribution is -0.135. The third-order valence-electron chi connectivity index (χ3n) is 4.32. The molecular formula is C18H21N3O5S2. The second kappa shape index (κ2) is 7.96. The molecule has 1 aromatic rings. The maximum absolute atomic E-state index is 12.4. The molecule has 28 heavy (non-hydrogen) atoms. The molecule has 0 aromatic heterocycles. The van der Waals surface area contributed by atoms with E-state index in [0.29, 0.717) is 10.7 Å². The molecule has 0 N–H and O–H groups in total. The molecule has 0 saturated carbocycles. The van der Waals surface area contributed by atoms with Crippen molar-refractivity contribution in [3.05, 3.63) is 34.9 Å². The number of hydrogen-bond donors (Lipinski definition) is 0. The molecule has 0 bridgehead atoms. The zero-order valence-electron chi connectivity index (χ0n) is 16.2. The van der Waals surface area contributed by atoms with Gasteiger partial charge in [-0.1, -0.05) is 11.8 Å². The summed E-state index contributed by atoms with van der Waals surface area (Å²) in [6.07, 6.45) is 0. The Morgan fingerprint density at radius 3 is 2.39 bits per heavy atom. The van der Waals surface area contributed by atoms with Crippen LogP contribution in [0.4, 0.5) is 5.69 Å². The van der Waals surface area contributed by atoms with Gasteiger partial charge in [0, 0.05) is 12.7 Å². The Morgan fingerprint density at radius 1 is 1.14 bits per heavy atom. The van der Waals surface area contributed by atoms with Crippen molar-refractivity contribution < 1.29 is 23.8 Å². The van der Waals surface area contributed by atoms with Crippen molar-refractivity contribution in [3.63, 3.8) is 0 Å². The van der Waals surface area contributed by atoms with Crippen molar-refractivity contribution in [3.8, 4) is 5.75 Å². The minimum Gasteiger partial charge on any atom is -0.497 e. The summed E-state index contributed by atoms with van der Waals surface area (Å²) in [5.41, 5.74) is 1.48. The van der Waals surface area contributed by atoms with Crippen LogP contribution in [-0.2, 0) is 19.1 Å². The third kappa shape index (κ3) is 3.30. The highest BCUT2D eigenvalue weighted by Gasteiger charge is 2.56. The molecule has 0 aliphatic carbocycles. The minimum atomic E-state index is -0.885. The molecule has 0 radical (unpaired) electrons. The molecule has 1 aromatic carbocycles. The van der Waals surface area contributed by atoms with Crippen LogP contribution in [0, 0.1) is 0 Å². The summed E-state index contributed by atoms with van der Waals surface area (Å²) in [5.74, 6) is -0.219. The standard InChI is InChI=1S/C18H21N3O5S2/c1-6-26-17(23)15-19-21(12-7-9-13(24-4)10-8-12)18(28-15)20(3)11(2)14(27-18)16(22)25-5/h7-10H,6H2,1-5H3. The van der Waals surface area contributed by atoms with Crippen LogP contribution in [0.25, 0.3) is 0 Å². The molecule has 8 nitrogen and oxygen atoms in total. The molecule has 1 spiro atoms. The summed E-state index contributed by atoms with van der Waals surface area (Å²) >= 11 is 2.52. The van der Waals surface area contributed by atoms with Crippen LogP contribution in [0.1, 0.15) is 13.8 Å². The van der Waals surface area contributed by atoms with E-state index >= 15 is 0 Å². The summed E-state index contributed by atoms with van der Waals surface area (Å²) in [6.45, 7) is 3.83. The first-order valence-corrected chi connectivity index (χ1v) is 10.1. The van der Waals surface area contributed by atoms with Gasteiger partial charge < -0.3 is 19.1 Å². The molecule has 2 heterocycles. The van der Waals surface area contributed by atoms with Crippen molar-refractivity contribution in [1.82, 2.24) is 4.90 Å². The van der Waals surface area contributed by atoms with Crippen LogP contribution in [-0.4, -0.2) is 54.1 Å². The normalized spacial score (nSPS) is 21.2. The fourth-order valence-corrected chi connectivity index (χ4v) is 5.66. The second-order valence-corrected chi connectivity index (χ2v) is 8.45. The number of thioether (sulfide) groups is 2. The fraction of sp³-hybridized carbons (Fsp3) is 0.389. The molecule has 2 aliphatic rings.